The SMILES string of the molecule is C=CCc1cc2c(cc1O)[C@@H](CCCC)[C@H](CC(=O)OC)O2. The minimum Gasteiger partial charge on any atom is -0.508 e. The van der Waals surface area contributed by atoms with Crippen LogP contribution in [-0.2, 0) is 16.0 Å². The minimum atomic E-state index is -0.269. The predicted molar refractivity (Wildman–Crippen MR) is 85.3 cm³/mol. The summed E-state index contributed by atoms with van der Waals surface area (Å²) >= 11 is 0. The molecule has 0 fully saturated rings. The number of benzene rings is 1. The normalized spacial score (nSPS) is 19.4. The maximum atomic E-state index is 11.6. The summed E-state index contributed by atoms with van der Waals surface area (Å²) in [6, 6.07) is 3.65. The average molecular weight is 304 g/mol. The first-order chi connectivity index (χ1) is 10.6. The highest BCUT2D eigenvalue weighted by atomic mass is 16.5. The summed E-state index contributed by atoms with van der Waals surface area (Å²) in [5.41, 5.74) is 1.79. The number of phenols is 1. The maximum absolute atomic E-state index is 11.6. The Labute approximate surface area is 131 Å². The molecule has 0 bridgehead atoms. The first kappa shape index (κ1) is 16.4. The number of hydrogen-bond donors (Lipinski definition) is 1. The molecular formula is C18H24O4. The summed E-state index contributed by atoms with van der Waals surface area (Å²) in [4.78, 5) is 11.6. The third-order valence-corrected chi connectivity index (χ3v) is 4.17. The number of phenolic OH excluding ortho intramolecular Hbond substituents is 1. The van der Waals surface area contributed by atoms with Crippen LogP contribution >= 0.6 is 0 Å². The van der Waals surface area contributed by atoms with Crippen molar-refractivity contribution in [2.75, 3.05) is 7.11 Å². The molecule has 0 saturated heterocycles. The van der Waals surface area contributed by atoms with E-state index in [1.54, 1.807) is 12.1 Å². The van der Waals surface area contributed by atoms with Crippen molar-refractivity contribution >= 4 is 5.97 Å². The number of allylic oxidation sites excluding steroid dienone is 1. The van der Waals surface area contributed by atoms with Crippen molar-refractivity contribution in [2.45, 2.75) is 51.0 Å². The van der Waals surface area contributed by atoms with Gasteiger partial charge >= 0.3 is 5.97 Å². The van der Waals surface area contributed by atoms with E-state index in [9.17, 15) is 9.90 Å². The molecule has 1 aliphatic rings. The number of hydrogen-bond acceptors (Lipinski definition) is 4. The molecule has 2 rings (SSSR count). The summed E-state index contributed by atoms with van der Waals surface area (Å²) in [7, 11) is 1.39. The van der Waals surface area contributed by atoms with Gasteiger partial charge in [0, 0.05) is 17.0 Å². The van der Waals surface area contributed by atoms with E-state index in [4.69, 9.17) is 9.47 Å². The van der Waals surface area contributed by atoms with E-state index < -0.39 is 0 Å². The topological polar surface area (TPSA) is 55.8 Å². The van der Waals surface area contributed by atoms with E-state index in [0.29, 0.717) is 6.42 Å². The number of rotatable bonds is 7. The zero-order valence-electron chi connectivity index (χ0n) is 13.3. The van der Waals surface area contributed by atoms with Gasteiger partial charge in [0.25, 0.3) is 0 Å². The second-order valence-corrected chi connectivity index (χ2v) is 5.70. The van der Waals surface area contributed by atoms with Crippen molar-refractivity contribution < 1.29 is 19.4 Å². The predicted octanol–water partition coefficient (Wildman–Crippen LogP) is 3.72. The fourth-order valence-electron chi connectivity index (χ4n) is 2.98. The van der Waals surface area contributed by atoms with Crippen LogP contribution in [0.4, 0.5) is 0 Å². The zero-order valence-corrected chi connectivity index (χ0v) is 13.3. The van der Waals surface area contributed by atoms with Crippen LogP contribution in [0.1, 0.15) is 49.7 Å². The summed E-state index contributed by atoms with van der Waals surface area (Å²) in [5, 5.41) is 10.2. The Kier molecular flexibility index (Phi) is 5.47. The lowest BCUT2D eigenvalue weighted by Crippen LogP contribution is -2.23. The standard InChI is InChI=1S/C18H24O4/c1-4-6-8-13-14-10-15(19)12(7-5-2)9-16(14)22-17(13)11-18(20)21-3/h5,9-10,13,17,19H,2,4,6-8,11H2,1,3H3/t13-,17+/m1/s1. The van der Waals surface area contributed by atoms with Gasteiger partial charge in [-0.05, 0) is 25.0 Å². The van der Waals surface area contributed by atoms with E-state index in [0.717, 1.165) is 36.1 Å². The molecule has 0 radical (unpaired) electrons. The van der Waals surface area contributed by atoms with Crippen LogP contribution < -0.4 is 4.74 Å². The molecule has 4 nitrogen and oxygen atoms in total. The summed E-state index contributed by atoms with van der Waals surface area (Å²) < 4.78 is 10.8. The number of aromatic hydroxyl groups is 1. The van der Waals surface area contributed by atoms with Gasteiger partial charge in [-0.1, -0.05) is 25.8 Å². The molecule has 0 aromatic heterocycles. The highest BCUT2D eigenvalue weighted by Gasteiger charge is 2.36. The monoisotopic (exact) mass is 304 g/mol. The molecule has 0 saturated carbocycles. The van der Waals surface area contributed by atoms with Gasteiger partial charge in [-0.15, -0.1) is 6.58 Å². The van der Waals surface area contributed by atoms with Crippen LogP contribution in [0.25, 0.3) is 0 Å². The van der Waals surface area contributed by atoms with Crippen LogP contribution in [0.15, 0.2) is 24.8 Å². The molecule has 0 unspecified atom stereocenters. The summed E-state index contributed by atoms with van der Waals surface area (Å²) in [6.07, 6.45) is 5.42. The van der Waals surface area contributed by atoms with Gasteiger partial charge in [-0.25, -0.2) is 0 Å². The molecule has 1 aromatic rings. The number of fused-ring (bicyclic) bond motifs is 1. The number of carbonyl (C=O) groups excluding carboxylic acids is 1. The van der Waals surface area contributed by atoms with E-state index in [-0.39, 0.29) is 30.2 Å². The smallest absolute Gasteiger partial charge is 0.309 e. The number of ether oxygens (including phenoxy) is 2. The Morgan fingerprint density at radius 2 is 2.27 bits per heavy atom. The van der Waals surface area contributed by atoms with Gasteiger partial charge in [0.05, 0.1) is 13.5 Å². The Bertz CT molecular complexity index is 550. The molecule has 4 heteroatoms. The van der Waals surface area contributed by atoms with Gasteiger partial charge in [0.15, 0.2) is 0 Å². The van der Waals surface area contributed by atoms with Gasteiger partial charge in [-0.2, -0.15) is 0 Å². The van der Waals surface area contributed by atoms with E-state index in [1.807, 2.05) is 6.07 Å². The molecule has 22 heavy (non-hydrogen) atoms. The largest absolute Gasteiger partial charge is 0.508 e. The molecule has 2 atom stereocenters. The number of esters is 1. The molecule has 0 aliphatic carbocycles. The second-order valence-electron chi connectivity index (χ2n) is 5.70. The first-order valence-electron chi connectivity index (χ1n) is 7.80. The molecule has 0 amide bonds. The molecule has 1 heterocycles. The van der Waals surface area contributed by atoms with Crippen LogP contribution in [0.5, 0.6) is 11.5 Å². The highest BCUT2D eigenvalue weighted by Crippen LogP contribution is 2.45. The quantitative estimate of drug-likeness (QED) is 0.616. The summed E-state index contributed by atoms with van der Waals surface area (Å²) in [5.74, 6) is 0.889. The molecule has 0 spiro atoms. The van der Waals surface area contributed by atoms with Crippen molar-refractivity contribution in [2.24, 2.45) is 0 Å². The van der Waals surface area contributed by atoms with Crippen molar-refractivity contribution in [1.29, 1.82) is 0 Å². The van der Waals surface area contributed by atoms with Gasteiger partial charge < -0.3 is 14.6 Å². The highest BCUT2D eigenvalue weighted by molar-refractivity contribution is 5.70. The average Bonchev–Trinajstić information content (AvgIpc) is 2.82. The molecular weight excluding hydrogens is 280 g/mol. The van der Waals surface area contributed by atoms with E-state index in [1.165, 1.54) is 7.11 Å². The Hall–Kier alpha value is -1.97. The first-order valence-corrected chi connectivity index (χ1v) is 7.80. The van der Waals surface area contributed by atoms with E-state index in [2.05, 4.69) is 13.5 Å². The third-order valence-electron chi connectivity index (χ3n) is 4.17. The Morgan fingerprint density at radius 1 is 1.50 bits per heavy atom. The molecule has 120 valence electrons. The lowest BCUT2D eigenvalue weighted by Gasteiger charge is -2.17. The Balaban J connectivity index is 2.29. The number of methoxy groups -OCH3 is 1. The van der Waals surface area contributed by atoms with Crippen molar-refractivity contribution in [3.8, 4) is 11.5 Å². The summed E-state index contributed by atoms with van der Waals surface area (Å²) in [6.45, 7) is 5.83. The minimum absolute atomic E-state index is 0.123. The molecule has 1 aromatic carbocycles. The van der Waals surface area contributed by atoms with Crippen LogP contribution in [0, 0.1) is 0 Å². The second kappa shape index (κ2) is 7.34. The van der Waals surface area contributed by atoms with Gasteiger partial charge in [-0.3, -0.25) is 4.79 Å². The number of carbonyl (C=O) groups is 1. The lowest BCUT2D eigenvalue weighted by molar-refractivity contribution is -0.142. The van der Waals surface area contributed by atoms with Crippen LogP contribution in [0.3, 0.4) is 0 Å². The molecule has 1 aliphatic heterocycles. The third kappa shape index (κ3) is 3.43. The van der Waals surface area contributed by atoms with Crippen molar-refractivity contribution in [1.82, 2.24) is 0 Å². The fraction of sp³-hybridized carbons (Fsp3) is 0.500. The Morgan fingerprint density at radius 3 is 2.91 bits per heavy atom. The fourth-order valence-corrected chi connectivity index (χ4v) is 2.98. The number of unbranched alkanes of at least 4 members (excludes halogenated alkanes) is 1. The van der Waals surface area contributed by atoms with Crippen LogP contribution in [0.2, 0.25) is 0 Å². The van der Waals surface area contributed by atoms with Crippen molar-refractivity contribution in [3.63, 3.8) is 0 Å². The lowest BCUT2D eigenvalue weighted by atomic mass is 9.88. The molecule has 1 N–H and O–H groups in total. The zero-order chi connectivity index (χ0) is 16.1. The van der Waals surface area contributed by atoms with Crippen LogP contribution in [-0.4, -0.2) is 24.3 Å². The maximum Gasteiger partial charge on any atom is 0.309 e. The van der Waals surface area contributed by atoms with Crippen molar-refractivity contribution in [3.05, 3.63) is 35.9 Å². The van der Waals surface area contributed by atoms with Gasteiger partial charge in [0.2, 0.25) is 0 Å². The van der Waals surface area contributed by atoms with E-state index >= 15 is 0 Å². The van der Waals surface area contributed by atoms with Gasteiger partial charge in [0.1, 0.15) is 17.6 Å².